The quantitative estimate of drug-likeness (QED) is 0.840. The molecule has 0 amide bonds. The molecular formula is C11H15ClN6S. The number of hydrogen-bond donors (Lipinski definition) is 0. The van der Waals surface area contributed by atoms with Crippen molar-refractivity contribution in [1.29, 1.82) is 0 Å². The minimum atomic E-state index is 0.165. The Morgan fingerprint density at radius 1 is 1.42 bits per heavy atom. The second-order valence-electron chi connectivity index (χ2n) is 4.07. The Balaban J connectivity index is 2.31. The van der Waals surface area contributed by atoms with Crippen LogP contribution in [0.1, 0.15) is 6.92 Å². The van der Waals surface area contributed by atoms with Crippen LogP contribution < -0.4 is 4.90 Å². The summed E-state index contributed by atoms with van der Waals surface area (Å²) in [5, 5.41) is 4.26. The Kier molecular flexibility index (Phi) is 4.60. The van der Waals surface area contributed by atoms with Crippen LogP contribution in [0.5, 0.6) is 0 Å². The first kappa shape index (κ1) is 14.1. The summed E-state index contributed by atoms with van der Waals surface area (Å²) >= 11 is 7.73. The standard InChI is InChI=1S/C11H15ClN6S/c1-8(7-19-3)17(2)10-14-9(12)15-11(16-10)18-6-4-5-13-18/h4-6,8H,7H2,1-3H3. The largest absolute Gasteiger partial charge is 0.340 e. The van der Waals surface area contributed by atoms with Crippen molar-refractivity contribution in [3.8, 4) is 5.95 Å². The summed E-state index contributed by atoms with van der Waals surface area (Å²) in [5.41, 5.74) is 0. The van der Waals surface area contributed by atoms with Crippen molar-refractivity contribution in [1.82, 2.24) is 24.7 Å². The zero-order valence-corrected chi connectivity index (χ0v) is 12.6. The molecule has 19 heavy (non-hydrogen) atoms. The highest BCUT2D eigenvalue weighted by molar-refractivity contribution is 7.98. The van der Waals surface area contributed by atoms with E-state index in [0.717, 1.165) is 5.75 Å². The van der Waals surface area contributed by atoms with Crippen molar-refractivity contribution < 1.29 is 0 Å². The van der Waals surface area contributed by atoms with E-state index in [2.05, 4.69) is 33.2 Å². The van der Waals surface area contributed by atoms with E-state index in [1.54, 1.807) is 34.9 Å². The fourth-order valence-corrected chi connectivity index (χ4v) is 2.38. The summed E-state index contributed by atoms with van der Waals surface area (Å²) in [4.78, 5) is 14.6. The monoisotopic (exact) mass is 298 g/mol. The Morgan fingerprint density at radius 2 is 2.21 bits per heavy atom. The van der Waals surface area contributed by atoms with Crippen LogP contribution in [0.25, 0.3) is 5.95 Å². The van der Waals surface area contributed by atoms with Crippen LogP contribution in [-0.4, -0.2) is 49.8 Å². The summed E-state index contributed by atoms with van der Waals surface area (Å²) < 4.78 is 1.56. The lowest BCUT2D eigenvalue weighted by molar-refractivity contribution is 0.718. The number of nitrogens with zero attached hydrogens (tertiary/aromatic N) is 6. The first-order valence-electron chi connectivity index (χ1n) is 5.75. The van der Waals surface area contributed by atoms with E-state index in [0.29, 0.717) is 17.9 Å². The predicted molar refractivity (Wildman–Crippen MR) is 78.2 cm³/mol. The third-order valence-electron chi connectivity index (χ3n) is 2.68. The summed E-state index contributed by atoms with van der Waals surface area (Å²) in [6, 6.07) is 2.11. The van der Waals surface area contributed by atoms with Crippen LogP contribution in [0.2, 0.25) is 5.28 Å². The molecule has 0 spiro atoms. The van der Waals surface area contributed by atoms with Crippen LogP contribution in [0.3, 0.4) is 0 Å². The van der Waals surface area contributed by atoms with Gasteiger partial charge in [-0.3, -0.25) is 0 Å². The number of hydrogen-bond acceptors (Lipinski definition) is 6. The zero-order chi connectivity index (χ0) is 13.8. The summed E-state index contributed by atoms with van der Waals surface area (Å²) in [6.45, 7) is 2.11. The molecule has 0 fully saturated rings. The van der Waals surface area contributed by atoms with Gasteiger partial charge in [-0.15, -0.1) is 0 Å². The SMILES string of the molecule is CSCC(C)N(C)c1nc(Cl)nc(-n2cccn2)n1. The first-order valence-corrected chi connectivity index (χ1v) is 7.52. The van der Waals surface area contributed by atoms with E-state index in [4.69, 9.17) is 11.6 Å². The Morgan fingerprint density at radius 3 is 2.84 bits per heavy atom. The van der Waals surface area contributed by atoms with Gasteiger partial charge in [-0.05, 0) is 30.8 Å². The maximum Gasteiger partial charge on any atom is 0.256 e. The summed E-state index contributed by atoms with van der Waals surface area (Å²) in [5.74, 6) is 1.95. The van der Waals surface area contributed by atoms with Crippen molar-refractivity contribution in [2.24, 2.45) is 0 Å². The second kappa shape index (κ2) is 6.21. The molecule has 6 nitrogen and oxygen atoms in total. The van der Waals surface area contributed by atoms with E-state index in [1.807, 2.05) is 11.9 Å². The topological polar surface area (TPSA) is 59.7 Å². The molecule has 0 aliphatic carbocycles. The fraction of sp³-hybridized carbons (Fsp3) is 0.455. The van der Waals surface area contributed by atoms with Gasteiger partial charge in [0.2, 0.25) is 11.2 Å². The Hall–Kier alpha value is -1.34. The van der Waals surface area contributed by atoms with Crippen LogP contribution in [0.15, 0.2) is 18.5 Å². The molecule has 8 heteroatoms. The fourth-order valence-electron chi connectivity index (χ4n) is 1.53. The average molecular weight is 299 g/mol. The highest BCUT2D eigenvalue weighted by Crippen LogP contribution is 2.15. The van der Waals surface area contributed by atoms with E-state index in [-0.39, 0.29) is 5.28 Å². The lowest BCUT2D eigenvalue weighted by Gasteiger charge is -2.24. The molecule has 0 N–H and O–H groups in total. The lowest BCUT2D eigenvalue weighted by atomic mass is 10.3. The summed E-state index contributed by atoms with van der Waals surface area (Å²) in [6.07, 6.45) is 5.50. The van der Waals surface area contributed by atoms with Gasteiger partial charge in [-0.2, -0.15) is 31.8 Å². The normalized spacial score (nSPS) is 12.4. The molecule has 2 aromatic heterocycles. The third-order valence-corrected chi connectivity index (χ3v) is 3.66. The second-order valence-corrected chi connectivity index (χ2v) is 5.32. The van der Waals surface area contributed by atoms with Gasteiger partial charge in [0, 0.05) is 31.2 Å². The van der Waals surface area contributed by atoms with E-state index in [9.17, 15) is 0 Å². The van der Waals surface area contributed by atoms with Crippen molar-refractivity contribution >= 4 is 29.3 Å². The average Bonchev–Trinajstić information content (AvgIpc) is 2.91. The highest BCUT2D eigenvalue weighted by atomic mass is 35.5. The van der Waals surface area contributed by atoms with E-state index < -0.39 is 0 Å². The number of anilines is 1. The van der Waals surface area contributed by atoms with Gasteiger partial charge in [0.1, 0.15) is 0 Å². The molecule has 1 atom stereocenters. The minimum Gasteiger partial charge on any atom is -0.340 e. The summed E-state index contributed by atoms with van der Waals surface area (Å²) in [7, 11) is 1.94. The van der Waals surface area contributed by atoms with Gasteiger partial charge in [-0.25, -0.2) is 4.68 Å². The van der Waals surface area contributed by atoms with Crippen LogP contribution >= 0.6 is 23.4 Å². The smallest absolute Gasteiger partial charge is 0.256 e. The first-order chi connectivity index (χ1) is 9.11. The Bertz CT molecular complexity index is 532. The van der Waals surface area contributed by atoms with Gasteiger partial charge in [0.05, 0.1) is 0 Å². The van der Waals surface area contributed by atoms with Crippen molar-refractivity contribution in [3.63, 3.8) is 0 Å². The molecule has 0 aliphatic rings. The van der Waals surface area contributed by atoms with Crippen molar-refractivity contribution in [2.45, 2.75) is 13.0 Å². The van der Waals surface area contributed by atoms with Crippen molar-refractivity contribution in [3.05, 3.63) is 23.7 Å². The maximum absolute atomic E-state index is 5.96. The number of halogens is 1. The molecular weight excluding hydrogens is 284 g/mol. The molecule has 0 aliphatic heterocycles. The van der Waals surface area contributed by atoms with Crippen LogP contribution in [-0.2, 0) is 0 Å². The number of aromatic nitrogens is 5. The molecule has 0 bridgehead atoms. The molecule has 2 rings (SSSR count). The third kappa shape index (κ3) is 3.36. The number of rotatable bonds is 5. The highest BCUT2D eigenvalue weighted by Gasteiger charge is 2.15. The van der Waals surface area contributed by atoms with Crippen LogP contribution in [0.4, 0.5) is 5.95 Å². The van der Waals surface area contributed by atoms with Crippen molar-refractivity contribution in [2.75, 3.05) is 24.0 Å². The predicted octanol–water partition coefficient (Wildman–Crippen LogP) is 1.90. The lowest BCUT2D eigenvalue weighted by Crippen LogP contribution is -2.32. The van der Waals surface area contributed by atoms with Gasteiger partial charge in [0.25, 0.3) is 5.95 Å². The number of thioether (sulfide) groups is 1. The molecule has 0 radical (unpaired) electrons. The molecule has 0 saturated carbocycles. The molecule has 0 saturated heterocycles. The van der Waals surface area contributed by atoms with E-state index >= 15 is 0 Å². The Labute approximate surface area is 121 Å². The molecule has 1 unspecified atom stereocenters. The van der Waals surface area contributed by atoms with Gasteiger partial charge in [-0.1, -0.05) is 0 Å². The molecule has 2 aromatic rings. The van der Waals surface area contributed by atoms with E-state index in [1.165, 1.54) is 0 Å². The maximum atomic E-state index is 5.96. The van der Waals surface area contributed by atoms with Gasteiger partial charge < -0.3 is 4.90 Å². The molecule has 2 heterocycles. The van der Waals surface area contributed by atoms with Gasteiger partial charge in [0.15, 0.2) is 0 Å². The minimum absolute atomic E-state index is 0.165. The van der Waals surface area contributed by atoms with Gasteiger partial charge >= 0.3 is 0 Å². The van der Waals surface area contributed by atoms with Crippen LogP contribution in [0, 0.1) is 0 Å². The molecule has 102 valence electrons. The molecule has 0 aromatic carbocycles. The zero-order valence-electron chi connectivity index (χ0n) is 11.0.